The van der Waals surface area contributed by atoms with Crippen LogP contribution in [-0.4, -0.2) is 24.5 Å². The van der Waals surface area contributed by atoms with Gasteiger partial charge in [-0.25, -0.2) is 22.6 Å². The molecule has 0 aliphatic rings. The van der Waals surface area contributed by atoms with E-state index in [9.17, 15) is 22.7 Å². The number of halogens is 1. The number of sulfone groups is 1. The average Bonchev–Trinajstić information content (AvgIpc) is 2.68. The Kier molecular flexibility index (Phi) is 5.14. The maximum absolute atomic E-state index is 12.9. The van der Waals surface area contributed by atoms with E-state index >= 15 is 0 Å². The van der Waals surface area contributed by atoms with Gasteiger partial charge in [0.2, 0.25) is 9.84 Å². The number of nitrogens with zero attached hydrogens (tertiary/aromatic N) is 1. The summed E-state index contributed by atoms with van der Waals surface area (Å²) in [5, 5.41) is 8.68. The molecule has 3 rings (SSSR count). The van der Waals surface area contributed by atoms with Crippen molar-refractivity contribution in [2.24, 2.45) is 0 Å². The van der Waals surface area contributed by atoms with Crippen LogP contribution in [0.4, 0.5) is 4.39 Å². The van der Waals surface area contributed by atoms with Crippen molar-refractivity contribution in [3.8, 4) is 0 Å². The van der Waals surface area contributed by atoms with Crippen LogP contribution in [0.3, 0.4) is 0 Å². The van der Waals surface area contributed by atoms with Gasteiger partial charge in [0.15, 0.2) is 5.03 Å². The van der Waals surface area contributed by atoms with Gasteiger partial charge in [0.25, 0.3) is 0 Å². The Morgan fingerprint density at radius 1 is 0.926 bits per heavy atom. The number of aromatic nitrogens is 1. The highest BCUT2D eigenvalue weighted by molar-refractivity contribution is 7.91. The summed E-state index contributed by atoms with van der Waals surface area (Å²) >= 11 is 0. The standard InChI is InChI=1S/C20H14FNO4S/c21-16-9-5-14(6-10-16)3-4-15-7-11-17(12-8-15)27(25,26)19-18(20(23)24)2-1-13-22-19/h1-13H,(H,23,24). The zero-order valence-electron chi connectivity index (χ0n) is 13.9. The molecule has 3 aromatic rings. The predicted octanol–water partition coefficient (Wildman–Crippen LogP) is 3.92. The van der Waals surface area contributed by atoms with E-state index in [0.717, 1.165) is 11.1 Å². The lowest BCUT2D eigenvalue weighted by atomic mass is 10.1. The van der Waals surface area contributed by atoms with E-state index in [2.05, 4.69) is 4.98 Å². The molecule has 27 heavy (non-hydrogen) atoms. The second-order valence-corrected chi connectivity index (χ2v) is 7.48. The van der Waals surface area contributed by atoms with Crippen molar-refractivity contribution in [2.75, 3.05) is 0 Å². The number of hydrogen-bond donors (Lipinski definition) is 1. The van der Waals surface area contributed by atoms with Crippen LogP contribution >= 0.6 is 0 Å². The first kappa shape index (κ1) is 18.5. The molecule has 2 aromatic carbocycles. The molecule has 7 heteroatoms. The molecule has 0 aliphatic carbocycles. The molecular formula is C20H14FNO4S. The highest BCUT2D eigenvalue weighted by atomic mass is 32.2. The third kappa shape index (κ3) is 4.09. The van der Waals surface area contributed by atoms with Crippen LogP contribution in [0.2, 0.25) is 0 Å². The number of pyridine rings is 1. The molecule has 0 radical (unpaired) electrons. The molecule has 0 saturated carbocycles. The minimum absolute atomic E-state index is 0.0531. The predicted molar refractivity (Wildman–Crippen MR) is 98.4 cm³/mol. The van der Waals surface area contributed by atoms with Gasteiger partial charge in [-0.2, -0.15) is 0 Å². The fourth-order valence-corrected chi connectivity index (χ4v) is 3.77. The Morgan fingerprint density at radius 2 is 1.48 bits per heavy atom. The fourth-order valence-electron chi connectivity index (χ4n) is 2.40. The summed E-state index contributed by atoms with van der Waals surface area (Å²) in [6, 6.07) is 14.5. The summed E-state index contributed by atoms with van der Waals surface area (Å²) in [6.45, 7) is 0. The van der Waals surface area contributed by atoms with Crippen LogP contribution < -0.4 is 0 Å². The quantitative estimate of drug-likeness (QED) is 0.675. The summed E-state index contributed by atoms with van der Waals surface area (Å²) in [5.74, 6) is -1.68. The zero-order chi connectivity index (χ0) is 19.4. The topological polar surface area (TPSA) is 84.3 Å². The van der Waals surface area contributed by atoms with Gasteiger partial charge in [0.05, 0.1) is 10.5 Å². The summed E-state index contributed by atoms with van der Waals surface area (Å²) in [7, 11) is -4.06. The lowest BCUT2D eigenvalue weighted by Crippen LogP contribution is -2.11. The van der Waals surface area contributed by atoms with Crippen molar-refractivity contribution in [3.05, 3.63) is 89.4 Å². The molecule has 0 saturated heterocycles. The molecule has 5 nitrogen and oxygen atoms in total. The third-order valence-corrected chi connectivity index (χ3v) is 5.51. The fraction of sp³-hybridized carbons (Fsp3) is 0. The first-order valence-corrected chi connectivity index (χ1v) is 9.33. The summed E-state index contributed by atoms with van der Waals surface area (Å²) < 4.78 is 38.3. The number of aromatic carboxylic acids is 1. The second-order valence-electron chi connectivity index (χ2n) is 5.62. The van der Waals surface area contributed by atoms with E-state index in [1.165, 1.54) is 42.6 Å². The van der Waals surface area contributed by atoms with Gasteiger partial charge in [0, 0.05) is 6.20 Å². The molecule has 0 aliphatic heterocycles. The molecule has 0 bridgehead atoms. The van der Waals surface area contributed by atoms with Gasteiger partial charge in [-0.15, -0.1) is 0 Å². The van der Waals surface area contributed by atoms with Crippen LogP contribution in [-0.2, 0) is 9.84 Å². The van der Waals surface area contributed by atoms with Crippen molar-refractivity contribution >= 4 is 28.0 Å². The lowest BCUT2D eigenvalue weighted by Gasteiger charge is -2.07. The number of rotatable bonds is 5. The highest BCUT2D eigenvalue weighted by Crippen LogP contribution is 2.23. The van der Waals surface area contributed by atoms with Gasteiger partial charge < -0.3 is 5.11 Å². The number of carboxylic acid groups (broad SMARTS) is 1. The monoisotopic (exact) mass is 383 g/mol. The minimum atomic E-state index is -4.06. The molecule has 0 spiro atoms. The molecule has 136 valence electrons. The van der Waals surface area contributed by atoms with E-state index in [1.807, 2.05) is 0 Å². The second kappa shape index (κ2) is 7.51. The van der Waals surface area contributed by atoms with Crippen molar-refractivity contribution in [2.45, 2.75) is 9.92 Å². The van der Waals surface area contributed by atoms with Crippen LogP contribution in [0.15, 0.2) is 76.8 Å². The number of carbonyl (C=O) groups is 1. The molecule has 1 heterocycles. The van der Waals surface area contributed by atoms with Crippen molar-refractivity contribution in [1.82, 2.24) is 4.98 Å². The highest BCUT2D eigenvalue weighted by Gasteiger charge is 2.25. The number of hydrogen-bond acceptors (Lipinski definition) is 4. The maximum Gasteiger partial charge on any atom is 0.338 e. The van der Waals surface area contributed by atoms with Gasteiger partial charge in [-0.1, -0.05) is 36.4 Å². The molecule has 0 fully saturated rings. The van der Waals surface area contributed by atoms with Crippen molar-refractivity contribution < 1.29 is 22.7 Å². The van der Waals surface area contributed by atoms with E-state index in [-0.39, 0.29) is 16.3 Å². The van der Waals surface area contributed by atoms with Gasteiger partial charge in [-0.3, -0.25) is 0 Å². The summed E-state index contributed by atoms with van der Waals surface area (Å²) in [5.41, 5.74) is 1.16. The molecule has 1 N–H and O–H groups in total. The van der Waals surface area contributed by atoms with E-state index in [4.69, 9.17) is 0 Å². The van der Waals surface area contributed by atoms with E-state index in [1.54, 1.807) is 36.4 Å². The smallest absolute Gasteiger partial charge is 0.338 e. The van der Waals surface area contributed by atoms with Crippen LogP contribution in [0.25, 0.3) is 12.2 Å². The van der Waals surface area contributed by atoms with Crippen molar-refractivity contribution in [1.29, 1.82) is 0 Å². The Morgan fingerprint density at radius 3 is 2.04 bits per heavy atom. The number of benzene rings is 2. The Labute approximate surface area is 155 Å². The lowest BCUT2D eigenvalue weighted by molar-refractivity contribution is 0.0691. The average molecular weight is 383 g/mol. The van der Waals surface area contributed by atoms with E-state index in [0.29, 0.717) is 0 Å². The molecule has 0 atom stereocenters. The molecule has 0 amide bonds. The normalized spacial score (nSPS) is 11.6. The molecule has 0 unspecified atom stereocenters. The van der Waals surface area contributed by atoms with Crippen LogP contribution in [0.1, 0.15) is 21.5 Å². The summed E-state index contributed by atoms with van der Waals surface area (Å²) in [6.07, 6.45) is 4.76. The molecule has 1 aromatic heterocycles. The van der Waals surface area contributed by atoms with Gasteiger partial charge in [-0.05, 0) is 47.5 Å². The van der Waals surface area contributed by atoms with Crippen LogP contribution in [0, 0.1) is 5.82 Å². The third-order valence-electron chi connectivity index (χ3n) is 3.78. The molecular weight excluding hydrogens is 369 g/mol. The van der Waals surface area contributed by atoms with E-state index < -0.39 is 20.8 Å². The minimum Gasteiger partial charge on any atom is -0.478 e. The largest absolute Gasteiger partial charge is 0.478 e. The first-order valence-electron chi connectivity index (χ1n) is 7.85. The van der Waals surface area contributed by atoms with Gasteiger partial charge >= 0.3 is 5.97 Å². The van der Waals surface area contributed by atoms with Gasteiger partial charge in [0.1, 0.15) is 5.82 Å². The Balaban J connectivity index is 1.89. The van der Waals surface area contributed by atoms with Crippen molar-refractivity contribution in [3.63, 3.8) is 0 Å². The van der Waals surface area contributed by atoms with Crippen LogP contribution in [0.5, 0.6) is 0 Å². The Hall–Kier alpha value is -3.32. The maximum atomic E-state index is 12.9. The Bertz CT molecular complexity index is 1110. The first-order chi connectivity index (χ1) is 12.9. The zero-order valence-corrected chi connectivity index (χ0v) is 14.7. The number of carboxylic acids is 1. The summed E-state index contributed by atoms with van der Waals surface area (Å²) in [4.78, 5) is 14.9. The SMILES string of the molecule is O=C(O)c1cccnc1S(=O)(=O)c1ccc(C=Cc2ccc(F)cc2)cc1.